The SMILES string of the molecule is CCNCc1n[nH]c(C)c1S(=O)(=O)NCC1CC1C. The summed E-state index contributed by atoms with van der Waals surface area (Å²) in [5.41, 5.74) is 1.14. The number of aryl methyl sites for hydroxylation is 1. The van der Waals surface area contributed by atoms with Crippen molar-refractivity contribution < 1.29 is 8.42 Å². The Morgan fingerprint density at radius 2 is 2.16 bits per heavy atom. The molecule has 1 saturated carbocycles. The number of hydrogen-bond donors (Lipinski definition) is 3. The van der Waals surface area contributed by atoms with Gasteiger partial charge in [-0.05, 0) is 31.7 Å². The van der Waals surface area contributed by atoms with E-state index in [1.165, 1.54) is 0 Å². The molecular formula is C12H22N4O2S. The number of aromatic nitrogens is 2. The Kier molecular flexibility index (Phi) is 4.27. The lowest BCUT2D eigenvalue weighted by atomic mass is 10.3. The standard InChI is InChI=1S/C12H22N4O2S/c1-4-13-7-11-12(9(3)15-16-11)19(17,18)14-6-10-5-8(10)2/h8,10,13-14H,4-7H2,1-3H3,(H,15,16). The first-order valence-electron chi connectivity index (χ1n) is 6.70. The van der Waals surface area contributed by atoms with Crippen LogP contribution in [0.5, 0.6) is 0 Å². The first kappa shape index (κ1) is 14.5. The summed E-state index contributed by atoms with van der Waals surface area (Å²) >= 11 is 0. The average Bonchev–Trinajstić information content (AvgIpc) is 2.92. The smallest absolute Gasteiger partial charge is 0.244 e. The summed E-state index contributed by atoms with van der Waals surface area (Å²) in [5, 5.41) is 9.93. The van der Waals surface area contributed by atoms with Crippen LogP contribution in [0.4, 0.5) is 0 Å². The van der Waals surface area contributed by atoms with E-state index in [0.29, 0.717) is 41.2 Å². The Labute approximate surface area is 114 Å². The summed E-state index contributed by atoms with van der Waals surface area (Å²) in [6, 6.07) is 0. The molecule has 2 rings (SSSR count). The molecule has 1 aliphatic rings. The second-order valence-corrected chi connectivity index (χ2v) is 6.93. The largest absolute Gasteiger partial charge is 0.311 e. The number of sulfonamides is 1. The summed E-state index contributed by atoms with van der Waals surface area (Å²) in [7, 11) is -3.47. The normalized spacial score (nSPS) is 22.7. The van der Waals surface area contributed by atoms with E-state index in [1.807, 2.05) is 6.92 Å². The summed E-state index contributed by atoms with van der Waals surface area (Å²) < 4.78 is 27.4. The minimum absolute atomic E-state index is 0.293. The van der Waals surface area contributed by atoms with Gasteiger partial charge in [-0.25, -0.2) is 13.1 Å². The van der Waals surface area contributed by atoms with Crippen LogP contribution in [0, 0.1) is 18.8 Å². The van der Waals surface area contributed by atoms with Crippen LogP contribution in [0.3, 0.4) is 0 Å². The van der Waals surface area contributed by atoms with Gasteiger partial charge in [-0.2, -0.15) is 5.10 Å². The van der Waals surface area contributed by atoms with Gasteiger partial charge in [0.25, 0.3) is 0 Å². The number of aromatic amines is 1. The summed E-state index contributed by atoms with van der Waals surface area (Å²) in [5.74, 6) is 1.12. The molecule has 1 heterocycles. The van der Waals surface area contributed by atoms with Crippen LogP contribution < -0.4 is 10.0 Å². The molecule has 0 aliphatic heterocycles. The molecular weight excluding hydrogens is 264 g/mol. The molecule has 0 bridgehead atoms. The first-order chi connectivity index (χ1) is 8.95. The van der Waals surface area contributed by atoms with Crippen LogP contribution in [-0.4, -0.2) is 31.7 Å². The third-order valence-electron chi connectivity index (χ3n) is 3.58. The van der Waals surface area contributed by atoms with Crippen molar-refractivity contribution >= 4 is 10.0 Å². The van der Waals surface area contributed by atoms with E-state index in [0.717, 1.165) is 13.0 Å². The predicted molar refractivity (Wildman–Crippen MR) is 73.2 cm³/mol. The second kappa shape index (κ2) is 5.60. The van der Waals surface area contributed by atoms with Crippen molar-refractivity contribution in [2.75, 3.05) is 13.1 Å². The Morgan fingerprint density at radius 3 is 2.74 bits per heavy atom. The maximum atomic E-state index is 12.3. The van der Waals surface area contributed by atoms with E-state index in [2.05, 4.69) is 27.2 Å². The summed E-state index contributed by atoms with van der Waals surface area (Å²) in [6.07, 6.45) is 1.11. The van der Waals surface area contributed by atoms with Gasteiger partial charge in [0.15, 0.2) is 0 Å². The molecule has 6 nitrogen and oxygen atoms in total. The molecule has 2 atom stereocenters. The van der Waals surface area contributed by atoms with Crippen LogP contribution in [0.15, 0.2) is 4.90 Å². The number of hydrogen-bond acceptors (Lipinski definition) is 4. The fourth-order valence-corrected chi connectivity index (χ4v) is 3.62. The number of nitrogens with zero attached hydrogens (tertiary/aromatic N) is 1. The third-order valence-corrected chi connectivity index (χ3v) is 5.21. The van der Waals surface area contributed by atoms with Gasteiger partial charge in [0.05, 0.1) is 11.4 Å². The number of nitrogens with one attached hydrogen (secondary N) is 3. The molecule has 1 fully saturated rings. The van der Waals surface area contributed by atoms with Crippen molar-refractivity contribution in [3.05, 3.63) is 11.4 Å². The molecule has 0 saturated heterocycles. The van der Waals surface area contributed by atoms with Gasteiger partial charge in [0, 0.05) is 13.1 Å². The van der Waals surface area contributed by atoms with Crippen molar-refractivity contribution in [1.82, 2.24) is 20.2 Å². The van der Waals surface area contributed by atoms with E-state index in [9.17, 15) is 8.42 Å². The van der Waals surface area contributed by atoms with E-state index in [-0.39, 0.29) is 0 Å². The lowest BCUT2D eigenvalue weighted by molar-refractivity contribution is 0.571. The van der Waals surface area contributed by atoms with Crippen molar-refractivity contribution in [1.29, 1.82) is 0 Å². The maximum Gasteiger partial charge on any atom is 0.244 e. The van der Waals surface area contributed by atoms with Gasteiger partial charge in [-0.15, -0.1) is 0 Å². The highest BCUT2D eigenvalue weighted by Crippen LogP contribution is 2.37. The zero-order valence-corrected chi connectivity index (χ0v) is 12.5. The molecule has 1 aliphatic carbocycles. The lowest BCUT2D eigenvalue weighted by Crippen LogP contribution is -2.28. The molecule has 19 heavy (non-hydrogen) atoms. The molecule has 2 unspecified atom stereocenters. The molecule has 0 amide bonds. The Hall–Kier alpha value is -0.920. The van der Waals surface area contributed by atoms with Crippen LogP contribution in [-0.2, 0) is 16.6 Å². The Balaban J connectivity index is 2.11. The van der Waals surface area contributed by atoms with Crippen molar-refractivity contribution in [2.24, 2.45) is 11.8 Å². The topological polar surface area (TPSA) is 86.9 Å². The highest BCUT2D eigenvalue weighted by molar-refractivity contribution is 7.89. The van der Waals surface area contributed by atoms with Gasteiger partial charge in [0.1, 0.15) is 4.90 Å². The zero-order valence-electron chi connectivity index (χ0n) is 11.7. The van der Waals surface area contributed by atoms with E-state index in [4.69, 9.17) is 0 Å². The molecule has 3 N–H and O–H groups in total. The van der Waals surface area contributed by atoms with Gasteiger partial charge in [0.2, 0.25) is 10.0 Å². The average molecular weight is 286 g/mol. The van der Waals surface area contributed by atoms with Crippen molar-refractivity contribution in [2.45, 2.75) is 38.6 Å². The second-order valence-electron chi connectivity index (χ2n) is 5.23. The Bertz CT molecular complexity index is 538. The maximum absolute atomic E-state index is 12.3. The Morgan fingerprint density at radius 1 is 1.47 bits per heavy atom. The predicted octanol–water partition coefficient (Wildman–Crippen LogP) is 0.762. The fourth-order valence-electron chi connectivity index (χ4n) is 2.16. The highest BCUT2D eigenvalue weighted by atomic mass is 32.2. The highest BCUT2D eigenvalue weighted by Gasteiger charge is 2.34. The summed E-state index contributed by atoms with van der Waals surface area (Å²) in [4.78, 5) is 0.293. The molecule has 0 radical (unpaired) electrons. The van der Waals surface area contributed by atoms with Crippen LogP contribution >= 0.6 is 0 Å². The molecule has 1 aromatic rings. The van der Waals surface area contributed by atoms with E-state index in [1.54, 1.807) is 6.92 Å². The van der Waals surface area contributed by atoms with Crippen molar-refractivity contribution in [3.8, 4) is 0 Å². The zero-order chi connectivity index (χ0) is 14.0. The first-order valence-corrected chi connectivity index (χ1v) is 8.18. The third kappa shape index (κ3) is 3.34. The molecule has 108 valence electrons. The van der Waals surface area contributed by atoms with Gasteiger partial charge in [-0.1, -0.05) is 13.8 Å². The molecule has 1 aromatic heterocycles. The van der Waals surface area contributed by atoms with E-state index >= 15 is 0 Å². The van der Waals surface area contributed by atoms with Gasteiger partial charge in [-0.3, -0.25) is 5.10 Å². The molecule has 0 aromatic carbocycles. The van der Waals surface area contributed by atoms with Gasteiger partial charge < -0.3 is 5.32 Å². The molecule has 7 heteroatoms. The van der Waals surface area contributed by atoms with Crippen LogP contribution in [0.1, 0.15) is 31.7 Å². The van der Waals surface area contributed by atoms with E-state index < -0.39 is 10.0 Å². The van der Waals surface area contributed by atoms with Crippen LogP contribution in [0.2, 0.25) is 0 Å². The fraction of sp³-hybridized carbons (Fsp3) is 0.750. The van der Waals surface area contributed by atoms with Crippen molar-refractivity contribution in [3.63, 3.8) is 0 Å². The minimum atomic E-state index is -3.47. The monoisotopic (exact) mass is 286 g/mol. The minimum Gasteiger partial charge on any atom is -0.311 e. The summed E-state index contributed by atoms with van der Waals surface area (Å²) in [6.45, 7) is 7.60. The van der Waals surface area contributed by atoms with Crippen LogP contribution in [0.25, 0.3) is 0 Å². The quantitative estimate of drug-likeness (QED) is 0.691. The van der Waals surface area contributed by atoms with Gasteiger partial charge >= 0.3 is 0 Å². The lowest BCUT2D eigenvalue weighted by Gasteiger charge is -2.08. The molecule has 0 spiro atoms. The number of rotatable bonds is 7. The number of H-pyrrole nitrogens is 1.